The van der Waals surface area contributed by atoms with Crippen molar-refractivity contribution in [3.63, 3.8) is 0 Å². The van der Waals surface area contributed by atoms with Crippen molar-refractivity contribution in [1.29, 1.82) is 0 Å². The average Bonchev–Trinajstić information content (AvgIpc) is 1.90. The predicted molar refractivity (Wildman–Crippen MR) is 28.2 cm³/mol. The molecule has 0 bridgehead atoms. The van der Waals surface area contributed by atoms with Crippen LogP contribution in [0.1, 0.15) is 6.42 Å². The SMILES string of the molecule is O=CN1CCCOC1. The third kappa shape index (κ3) is 1.20. The average molecular weight is 115 g/mol. The molecule has 1 saturated heterocycles. The van der Waals surface area contributed by atoms with Crippen molar-refractivity contribution >= 4 is 6.41 Å². The Balaban J connectivity index is 2.22. The summed E-state index contributed by atoms with van der Waals surface area (Å²) in [5, 5.41) is 0. The van der Waals surface area contributed by atoms with Gasteiger partial charge in [-0.1, -0.05) is 0 Å². The van der Waals surface area contributed by atoms with Crippen LogP contribution in [0, 0.1) is 0 Å². The molecule has 0 aromatic rings. The van der Waals surface area contributed by atoms with Gasteiger partial charge in [-0.05, 0) is 6.42 Å². The van der Waals surface area contributed by atoms with Crippen LogP contribution in [0.4, 0.5) is 0 Å². The third-order valence-electron chi connectivity index (χ3n) is 1.14. The summed E-state index contributed by atoms with van der Waals surface area (Å²) in [6.45, 7) is 2.12. The van der Waals surface area contributed by atoms with Crippen LogP contribution in [0.15, 0.2) is 0 Å². The van der Waals surface area contributed by atoms with E-state index in [-0.39, 0.29) is 0 Å². The van der Waals surface area contributed by atoms with Gasteiger partial charge in [-0.15, -0.1) is 0 Å². The number of rotatable bonds is 1. The fourth-order valence-corrected chi connectivity index (χ4v) is 0.699. The van der Waals surface area contributed by atoms with Gasteiger partial charge in [-0.2, -0.15) is 0 Å². The number of nitrogens with zero attached hydrogens (tertiary/aromatic N) is 1. The first-order chi connectivity index (χ1) is 3.93. The summed E-state index contributed by atoms with van der Waals surface area (Å²) in [6.07, 6.45) is 1.79. The highest BCUT2D eigenvalue weighted by molar-refractivity contribution is 5.46. The highest BCUT2D eigenvalue weighted by Gasteiger charge is 2.05. The van der Waals surface area contributed by atoms with Crippen molar-refractivity contribution in [2.75, 3.05) is 19.9 Å². The summed E-state index contributed by atoms with van der Waals surface area (Å²) in [6, 6.07) is 0. The summed E-state index contributed by atoms with van der Waals surface area (Å²) < 4.78 is 4.97. The molecule has 1 rings (SSSR count). The maximum atomic E-state index is 10.0. The van der Waals surface area contributed by atoms with Crippen LogP contribution in [0.3, 0.4) is 0 Å². The lowest BCUT2D eigenvalue weighted by atomic mass is 10.4. The van der Waals surface area contributed by atoms with Gasteiger partial charge < -0.3 is 9.64 Å². The van der Waals surface area contributed by atoms with Gasteiger partial charge in [-0.3, -0.25) is 4.79 Å². The molecular weight excluding hydrogens is 106 g/mol. The van der Waals surface area contributed by atoms with Gasteiger partial charge in [-0.25, -0.2) is 0 Å². The lowest BCUT2D eigenvalue weighted by molar-refractivity contribution is -0.126. The van der Waals surface area contributed by atoms with Crippen molar-refractivity contribution < 1.29 is 9.53 Å². The minimum Gasteiger partial charge on any atom is -0.361 e. The molecule has 0 saturated carbocycles. The van der Waals surface area contributed by atoms with Crippen molar-refractivity contribution in [3.8, 4) is 0 Å². The number of amides is 1. The molecule has 0 aromatic heterocycles. The van der Waals surface area contributed by atoms with E-state index >= 15 is 0 Å². The molecule has 46 valence electrons. The number of carbonyl (C=O) groups excluding carboxylic acids is 1. The lowest BCUT2D eigenvalue weighted by Crippen LogP contribution is -2.31. The van der Waals surface area contributed by atoms with Crippen molar-refractivity contribution in [2.24, 2.45) is 0 Å². The predicted octanol–water partition coefficient (Wildman–Crippen LogP) is -0.177. The summed E-state index contributed by atoms with van der Waals surface area (Å²) in [5.74, 6) is 0. The summed E-state index contributed by atoms with van der Waals surface area (Å²) in [5.41, 5.74) is 0. The topological polar surface area (TPSA) is 29.5 Å². The molecule has 3 nitrogen and oxygen atoms in total. The second-order valence-electron chi connectivity index (χ2n) is 1.81. The van der Waals surface area contributed by atoms with Gasteiger partial charge >= 0.3 is 0 Å². The van der Waals surface area contributed by atoms with E-state index in [0.717, 1.165) is 26.0 Å². The molecule has 0 unspecified atom stereocenters. The van der Waals surface area contributed by atoms with E-state index in [1.54, 1.807) is 4.90 Å². The number of ether oxygens (including phenoxy) is 1. The van der Waals surface area contributed by atoms with E-state index in [1.807, 2.05) is 0 Å². The Morgan fingerprint density at radius 2 is 2.50 bits per heavy atom. The van der Waals surface area contributed by atoms with Gasteiger partial charge in [0, 0.05) is 6.54 Å². The van der Waals surface area contributed by atoms with Crippen LogP contribution >= 0.6 is 0 Å². The van der Waals surface area contributed by atoms with Gasteiger partial charge in [0.25, 0.3) is 0 Å². The standard InChI is InChI=1S/C5H9NO2/c7-4-6-2-1-3-8-5-6/h4H,1-3,5H2. The van der Waals surface area contributed by atoms with E-state index < -0.39 is 0 Å². The van der Waals surface area contributed by atoms with Crippen LogP contribution in [0.25, 0.3) is 0 Å². The van der Waals surface area contributed by atoms with Crippen LogP contribution in [0.5, 0.6) is 0 Å². The molecule has 1 fully saturated rings. The molecule has 8 heavy (non-hydrogen) atoms. The first kappa shape index (κ1) is 5.56. The first-order valence-electron chi connectivity index (χ1n) is 2.70. The zero-order valence-electron chi connectivity index (χ0n) is 4.67. The fraction of sp³-hybridized carbons (Fsp3) is 0.800. The second kappa shape index (κ2) is 2.67. The summed E-state index contributed by atoms with van der Waals surface area (Å²) in [7, 11) is 0. The molecule has 1 heterocycles. The monoisotopic (exact) mass is 115 g/mol. The Bertz CT molecular complexity index is 78.5. The van der Waals surface area contributed by atoms with Crippen LogP contribution in [0.2, 0.25) is 0 Å². The van der Waals surface area contributed by atoms with E-state index in [2.05, 4.69) is 0 Å². The molecule has 0 radical (unpaired) electrons. The zero-order chi connectivity index (χ0) is 5.82. The molecule has 3 heteroatoms. The van der Waals surface area contributed by atoms with Crippen LogP contribution < -0.4 is 0 Å². The van der Waals surface area contributed by atoms with Gasteiger partial charge in [0.2, 0.25) is 6.41 Å². The Morgan fingerprint density at radius 3 is 2.88 bits per heavy atom. The Morgan fingerprint density at radius 1 is 1.62 bits per heavy atom. The Hall–Kier alpha value is -0.570. The minimum atomic E-state index is 0.476. The highest BCUT2D eigenvalue weighted by Crippen LogP contribution is 1.96. The number of carbonyl (C=O) groups is 1. The second-order valence-corrected chi connectivity index (χ2v) is 1.81. The molecule has 1 aliphatic heterocycles. The van der Waals surface area contributed by atoms with E-state index in [4.69, 9.17) is 4.74 Å². The summed E-state index contributed by atoms with van der Waals surface area (Å²) >= 11 is 0. The molecule has 0 spiro atoms. The maximum Gasteiger partial charge on any atom is 0.211 e. The van der Waals surface area contributed by atoms with Crippen molar-refractivity contribution in [2.45, 2.75) is 6.42 Å². The molecule has 1 aliphatic rings. The largest absolute Gasteiger partial charge is 0.361 e. The highest BCUT2D eigenvalue weighted by atomic mass is 16.5. The van der Waals surface area contributed by atoms with E-state index in [9.17, 15) is 4.79 Å². The third-order valence-corrected chi connectivity index (χ3v) is 1.14. The molecule has 0 aliphatic carbocycles. The Labute approximate surface area is 48.2 Å². The van der Waals surface area contributed by atoms with Gasteiger partial charge in [0.15, 0.2) is 0 Å². The number of hydrogen-bond donors (Lipinski definition) is 0. The fourth-order valence-electron chi connectivity index (χ4n) is 0.699. The quantitative estimate of drug-likeness (QED) is 0.444. The molecule has 1 amide bonds. The van der Waals surface area contributed by atoms with Crippen LogP contribution in [-0.2, 0) is 9.53 Å². The molecule has 0 aromatic carbocycles. The molecule has 0 atom stereocenters. The van der Waals surface area contributed by atoms with E-state index in [1.165, 1.54) is 0 Å². The molecule has 0 N–H and O–H groups in total. The van der Waals surface area contributed by atoms with Gasteiger partial charge in [0.05, 0.1) is 6.61 Å². The number of hydrogen-bond acceptors (Lipinski definition) is 2. The molecular formula is C5H9NO2. The normalized spacial score (nSPS) is 20.8. The van der Waals surface area contributed by atoms with Crippen molar-refractivity contribution in [1.82, 2.24) is 4.90 Å². The zero-order valence-corrected chi connectivity index (χ0v) is 4.67. The van der Waals surface area contributed by atoms with E-state index in [0.29, 0.717) is 6.73 Å². The lowest BCUT2D eigenvalue weighted by Gasteiger charge is -2.21. The Kier molecular flexibility index (Phi) is 1.86. The maximum absolute atomic E-state index is 10.0. The van der Waals surface area contributed by atoms with Crippen LogP contribution in [-0.4, -0.2) is 31.2 Å². The van der Waals surface area contributed by atoms with Crippen molar-refractivity contribution in [3.05, 3.63) is 0 Å². The minimum absolute atomic E-state index is 0.476. The smallest absolute Gasteiger partial charge is 0.211 e. The summed E-state index contributed by atoms with van der Waals surface area (Å²) in [4.78, 5) is 11.6. The first-order valence-corrected chi connectivity index (χ1v) is 2.70. The van der Waals surface area contributed by atoms with Gasteiger partial charge in [0.1, 0.15) is 6.73 Å².